The number of aliphatic hydroxyl groups is 1. The molecule has 1 saturated carbocycles. The van der Waals surface area contributed by atoms with Crippen molar-refractivity contribution >= 4 is 0 Å². The minimum atomic E-state index is -0.0804. The van der Waals surface area contributed by atoms with Crippen LogP contribution in [0.2, 0.25) is 0 Å². The van der Waals surface area contributed by atoms with Gasteiger partial charge in [0.25, 0.3) is 0 Å². The lowest BCUT2D eigenvalue weighted by molar-refractivity contribution is 0.250. The zero-order chi connectivity index (χ0) is 11.9. The van der Waals surface area contributed by atoms with Crippen molar-refractivity contribution in [3.05, 3.63) is 41.9 Å². The van der Waals surface area contributed by atoms with E-state index in [0.29, 0.717) is 0 Å². The van der Waals surface area contributed by atoms with Crippen molar-refractivity contribution in [2.24, 2.45) is 0 Å². The Balaban J connectivity index is 1.92. The molecule has 3 nitrogen and oxygen atoms in total. The second kappa shape index (κ2) is 3.70. The third kappa shape index (κ3) is 1.76. The first-order chi connectivity index (χ1) is 8.23. The summed E-state index contributed by atoms with van der Waals surface area (Å²) >= 11 is 0. The van der Waals surface area contributed by atoms with Gasteiger partial charge in [-0.25, -0.2) is 4.98 Å². The summed E-state index contributed by atoms with van der Waals surface area (Å²) in [5.74, 6) is 0.926. The molecule has 0 aliphatic heterocycles. The molecule has 1 heterocycles. The number of H-pyrrole nitrogens is 1. The van der Waals surface area contributed by atoms with Crippen LogP contribution < -0.4 is 0 Å². The van der Waals surface area contributed by atoms with E-state index in [-0.39, 0.29) is 12.0 Å². The van der Waals surface area contributed by atoms with Crippen molar-refractivity contribution in [3.63, 3.8) is 0 Å². The topological polar surface area (TPSA) is 48.9 Å². The fraction of sp³-hybridized carbons (Fsp3) is 0.357. The van der Waals surface area contributed by atoms with Crippen LogP contribution >= 0.6 is 0 Å². The highest BCUT2D eigenvalue weighted by molar-refractivity contribution is 5.59. The number of rotatable bonds is 3. The molecule has 17 heavy (non-hydrogen) atoms. The maximum atomic E-state index is 9.37. The fourth-order valence-corrected chi connectivity index (χ4v) is 2.09. The van der Waals surface area contributed by atoms with Gasteiger partial charge in [-0.05, 0) is 25.3 Å². The van der Waals surface area contributed by atoms with E-state index in [9.17, 15) is 5.11 Å². The summed E-state index contributed by atoms with van der Waals surface area (Å²) in [5, 5.41) is 9.37. The summed E-state index contributed by atoms with van der Waals surface area (Å²) in [6.45, 7) is 2.26. The number of aromatic nitrogens is 2. The molecule has 1 fully saturated rings. The maximum Gasteiger partial charge on any atom is 0.115 e. The van der Waals surface area contributed by atoms with Crippen LogP contribution in [0, 0.1) is 6.92 Å². The van der Waals surface area contributed by atoms with Gasteiger partial charge in [0, 0.05) is 0 Å². The van der Waals surface area contributed by atoms with Crippen molar-refractivity contribution < 1.29 is 5.11 Å². The largest absolute Gasteiger partial charge is 0.395 e. The monoisotopic (exact) mass is 228 g/mol. The third-order valence-corrected chi connectivity index (χ3v) is 3.60. The molecule has 0 radical (unpaired) electrons. The SMILES string of the molecule is Cc1ccc(-c2cnc(C3(CO)CC3)[nH]2)cc1. The van der Waals surface area contributed by atoms with Crippen LogP contribution in [0.1, 0.15) is 24.2 Å². The van der Waals surface area contributed by atoms with E-state index in [4.69, 9.17) is 0 Å². The molecule has 0 atom stereocenters. The van der Waals surface area contributed by atoms with E-state index in [1.807, 2.05) is 6.20 Å². The Labute approximate surface area is 101 Å². The number of nitrogens with one attached hydrogen (secondary N) is 1. The average Bonchev–Trinajstić information content (AvgIpc) is 3.00. The minimum Gasteiger partial charge on any atom is -0.395 e. The molecule has 1 aliphatic rings. The zero-order valence-electron chi connectivity index (χ0n) is 9.90. The molecule has 1 aromatic carbocycles. The molecule has 2 N–H and O–H groups in total. The minimum absolute atomic E-state index is 0.0804. The highest BCUT2D eigenvalue weighted by atomic mass is 16.3. The van der Waals surface area contributed by atoms with Crippen molar-refractivity contribution in [1.82, 2.24) is 9.97 Å². The van der Waals surface area contributed by atoms with Crippen LogP contribution in [0.25, 0.3) is 11.3 Å². The van der Waals surface area contributed by atoms with Crippen molar-refractivity contribution in [2.45, 2.75) is 25.2 Å². The second-order valence-corrected chi connectivity index (χ2v) is 4.95. The van der Waals surface area contributed by atoms with Gasteiger partial charge in [-0.3, -0.25) is 0 Å². The van der Waals surface area contributed by atoms with Gasteiger partial charge in [0.1, 0.15) is 5.82 Å². The average molecular weight is 228 g/mol. The molecule has 1 aliphatic carbocycles. The smallest absolute Gasteiger partial charge is 0.115 e. The number of hydrogen-bond donors (Lipinski definition) is 2. The van der Waals surface area contributed by atoms with Gasteiger partial charge < -0.3 is 10.1 Å². The summed E-state index contributed by atoms with van der Waals surface area (Å²) in [4.78, 5) is 7.74. The predicted octanol–water partition coefficient (Wildman–Crippen LogP) is 2.41. The Hall–Kier alpha value is -1.61. The summed E-state index contributed by atoms with van der Waals surface area (Å²) in [7, 11) is 0. The molecular formula is C14H16N2O. The Morgan fingerprint density at radius 3 is 2.59 bits per heavy atom. The van der Waals surface area contributed by atoms with E-state index in [1.165, 1.54) is 5.56 Å². The number of aliphatic hydroxyl groups excluding tert-OH is 1. The quantitative estimate of drug-likeness (QED) is 0.847. The van der Waals surface area contributed by atoms with Gasteiger partial charge in [0.15, 0.2) is 0 Å². The van der Waals surface area contributed by atoms with Crippen molar-refractivity contribution in [1.29, 1.82) is 0 Å². The Morgan fingerprint density at radius 1 is 1.29 bits per heavy atom. The van der Waals surface area contributed by atoms with Gasteiger partial charge in [-0.2, -0.15) is 0 Å². The molecule has 3 heteroatoms. The molecule has 0 unspecified atom stereocenters. The highest BCUT2D eigenvalue weighted by Crippen LogP contribution is 2.46. The van der Waals surface area contributed by atoms with Crippen LogP contribution in [0.4, 0.5) is 0 Å². The first-order valence-corrected chi connectivity index (χ1v) is 5.97. The van der Waals surface area contributed by atoms with Gasteiger partial charge >= 0.3 is 0 Å². The van der Waals surface area contributed by atoms with E-state index < -0.39 is 0 Å². The van der Waals surface area contributed by atoms with Crippen LogP contribution in [0.5, 0.6) is 0 Å². The van der Waals surface area contributed by atoms with Crippen molar-refractivity contribution in [2.75, 3.05) is 6.61 Å². The zero-order valence-corrected chi connectivity index (χ0v) is 9.90. The lowest BCUT2D eigenvalue weighted by Gasteiger charge is -2.06. The Kier molecular flexibility index (Phi) is 2.30. The molecule has 1 aromatic heterocycles. The summed E-state index contributed by atoms with van der Waals surface area (Å²) in [6.07, 6.45) is 3.92. The van der Waals surface area contributed by atoms with Crippen LogP contribution in [-0.4, -0.2) is 21.7 Å². The van der Waals surface area contributed by atoms with Gasteiger partial charge in [-0.15, -0.1) is 0 Å². The number of hydrogen-bond acceptors (Lipinski definition) is 2. The number of imidazole rings is 1. The normalized spacial score (nSPS) is 17.1. The molecule has 0 amide bonds. The molecule has 0 saturated heterocycles. The van der Waals surface area contributed by atoms with E-state index in [1.54, 1.807) is 0 Å². The van der Waals surface area contributed by atoms with Gasteiger partial charge in [0.2, 0.25) is 0 Å². The molecule has 88 valence electrons. The number of aryl methyl sites for hydroxylation is 1. The first-order valence-electron chi connectivity index (χ1n) is 5.97. The standard InChI is InChI=1S/C14H16N2O/c1-10-2-4-11(5-3-10)12-8-15-13(16-12)14(9-17)6-7-14/h2-5,8,17H,6-7,9H2,1H3,(H,15,16). The molecule has 2 aromatic rings. The number of nitrogens with zero attached hydrogens (tertiary/aromatic N) is 1. The Bertz CT molecular complexity index is 523. The second-order valence-electron chi connectivity index (χ2n) is 4.95. The van der Waals surface area contributed by atoms with Crippen molar-refractivity contribution in [3.8, 4) is 11.3 Å². The third-order valence-electron chi connectivity index (χ3n) is 3.60. The molecule has 0 spiro atoms. The number of aromatic amines is 1. The molecular weight excluding hydrogens is 212 g/mol. The van der Waals surface area contributed by atoms with E-state index >= 15 is 0 Å². The lowest BCUT2D eigenvalue weighted by atomic mass is 10.1. The summed E-state index contributed by atoms with van der Waals surface area (Å²) in [6, 6.07) is 8.36. The predicted molar refractivity (Wildman–Crippen MR) is 66.8 cm³/mol. The Morgan fingerprint density at radius 2 is 2.00 bits per heavy atom. The van der Waals surface area contributed by atoms with Gasteiger partial charge in [-0.1, -0.05) is 29.8 Å². The maximum absolute atomic E-state index is 9.37. The molecule has 0 bridgehead atoms. The molecule has 3 rings (SSSR count). The van der Waals surface area contributed by atoms with E-state index in [0.717, 1.165) is 29.9 Å². The summed E-state index contributed by atoms with van der Waals surface area (Å²) in [5.41, 5.74) is 3.34. The van der Waals surface area contributed by atoms with Gasteiger partial charge in [0.05, 0.1) is 23.9 Å². The fourth-order valence-electron chi connectivity index (χ4n) is 2.09. The highest BCUT2D eigenvalue weighted by Gasteiger charge is 2.46. The number of benzene rings is 1. The van der Waals surface area contributed by atoms with Crippen LogP contribution in [0.3, 0.4) is 0 Å². The van der Waals surface area contributed by atoms with E-state index in [2.05, 4.69) is 41.2 Å². The first kappa shape index (κ1) is 10.5. The van der Waals surface area contributed by atoms with Crippen LogP contribution in [-0.2, 0) is 5.41 Å². The summed E-state index contributed by atoms with van der Waals surface area (Å²) < 4.78 is 0. The van der Waals surface area contributed by atoms with Crippen LogP contribution in [0.15, 0.2) is 30.5 Å². The lowest BCUT2D eigenvalue weighted by Crippen LogP contribution is -2.13.